The molecular formula is C16H20O3. The van der Waals surface area contributed by atoms with E-state index in [-0.39, 0.29) is 5.97 Å². The highest BCUT2D eigenvalue weighted by molar-refractivity contribution is 5.87. The van der Waals surface area contributed by atoms with Gasteiger partial charge in [-0.2, -0.15) is 0 Å². The molecule has 1 aliphatic rings. The van der Waals surface area contributed by atoms with E-state index < -0.39 is 5.41 Å². The largest absolute Gasteiger partial charge is 0.496 e. The predicted octanol–water partition coefficient (Wildman–Crippen LogP) is 3.07. The molecule has 0 bridgehead atoms. The van der Waals surface area contributed by atoms with Crippen LogP contribution in [0.3, 0.4) is 0 Å². The Hall–Kier alpha value is -1.77. The average Bonchev–Trinajstić information content (AvgIpc) is 2.71. The van der Waals surface area contributed by atoms with Gasteiger partial charge in [-0.15, -0.1) is 6.58 Å². The number of carbonyl (C=O) groups excluding carboxylic acids is 1. The maximum atomic E-state index is 12.3. The first-order valence-electron chi connectivity index (χ1n) is 6.49. The van der Waals surface area contributed by atoms with Crippen LogP contribution >= 0.6 is 0 Å². The maximum absolute atomic E-state index is 12.3. The lowest BCUT2D eigenvalue weighted by Crippen LogP contribution is -2.32. The van der Waals surface area contributed by atoms with E-state index in [4.69, 9.17) is 9.47 Å². The van der Waals surface area contributed by atoms with Crippen LogP contribution in [-0.2, 0) is 14.9 Å². The number of esters is 1. The van der Waals surface area contributed by atoms with Crippen molar-refractivity contribution in [2.24, 2.45) is 0 Å². The van der Waals surface area contributed by atoms with Crippen LogP contribution in [0.4, 0.5) is 0 Å². The normalized spacial score (nSPS) is 22.2. The molecule has 2 rings (SSSR count). The first kappa shape index (κ1) is 13.7. The SMILES string of the molecule is C=CC[C@]1(c2c(C)cc(C)cc2OC)CCOC1=O. The fourth-order valence-electron chi connectivity index (χ4n) is 3.02. The minimum absolute atomic E-state index is 0.169. The Kier molecular flexibility index (Phi) is 3.65. The monoisotopic (exact) mass is 260 g/mol. The lowest BCUT2D eigenvalue weighted by Gasteiger charge is -2.28. The van der Waals surface area contributed by atoms with Crippen LogP contribution in [0.1, 0.15) is 29.5 Å². The predicted molar refractivity (Wildman–Crippen MR) is 74.5 cm³/mol. The summed E-state index contributed by atoms with van der Waals surface area (Å²) in [6, 6.07) is 4.05. The number of carbonyl (C=O) groups is 1. The number of benzene rings is 1. The molecule has 102 valence electrons. The fourth-order valence-corrected chi connectivity index (χ4v) is 3.02. The van der Waals surface area contributed by atoms with Crippen LogP contribution < -0.4 is 4.74 Å². The molecular weight excluding hydrogens is 240 g/mol. The lowest BCUT2D eigenvalue weighted by atomic mass is 9.74. The van der Waals surface area contributed by atoms with Gasteiger partial charge in [-0.3, -0.25) is 4.79 Å². The zero-order valence-electron chi connectivity index (χ0n) is 11.8. The summed E-state index contributed by atoms with van der Waals surface area (Å²) in [6.45, 7) is 8.28. The molecule has 0 unspecified atom stereocenters. The fraction of sp³-hybridized carbons (Fsp3) is 0.438. The van der Waals surface area contributed by atoms with Crippen molar-refractivity contribution in [2.45, 2.75) is 32.1 Å². The zero-order valence-corrected chi connectivity index (χ0v) is 11.8. The number of allylic oxidation sites excluding steroid dienone is 1. The van der Waals surface area contributed by atoms with Crippen molar-refractivity contribution in [3.63, 3.8) is 0 Å². The molecule has 1 aromatic rings. The molecule has 1 fully saturated rings. The summed E-state index contributed by atoms with van der Waals surface area (Å²) in [6.07, 6.45) is 3.04. The number of hydrogen-bond acceptors (Lipinski definition) is 3. The highest BCUT2D eigenvalue weighted by atomic mass is 16.5. The summed E-state index contributed by atoms with van der Waals surface area (Å²) in [4.78, 5) is 12.3. The van der Waals surface area contributed by atoms with Crippen molar-refractivity contribution < 1.29 is 14.3 Å². The molecule has 1 atom stereocenters. The van der Waals surface area contributed by atoms with Crippen molar-refractivity contribution in [3.8, 4) is 5.75 Å². The van der Waals surface area contributed by atoms with Crippen molar-refractivity contribution in [3.05, 3.63) is 41.5 Å². The van der Waals surface area contributed by atoms with Crippen molar-refractivity contribution in [1.29, 1.82) is 0 Å². The number of cyclic esters (lactones) is 1. The van der Waals surface area contributed by atoms with Crippen molar-refractivity contribution >= 4 is 5.97 Å². The summed E-state index contributed by atoms with van der Waals surface area (Å²) < 4.78 is 10.7. The topological polar surface area (TPSA) is 35.5 Å². The Labute approximate surface area is 114 Å². The second-order valence-corrected chi connectivity index (χ2v) is 5.12. The molecule has 0 spiro atoms. The summed E-state index contributed by atoms with van der Waals surface area (Å²) in [5.41, 5.74) is 2.50. The number of aryl methyl sites for hydroxylation is 2. The molecule has 1 saturated heterocycles. The Bertz CT molecular complexity index is 519. The van der Waals surface area contributed by atoms with Gasteiger partial charge in [0.25, 0.3) is 0 Å². The standard InChI is InChI=1S/C16H20O3/c1-5-6-16(7-8-19-15(16)17)14-12(3)9-11(2)10-13(14)18-4/h5,9-10H,1,6-8H2,2-4H3/t16-/m1/s1. The smallest absolute Gasteiger partial charge is 0.317 e. The van der Waals surface area contributed by atoms with Gasteiger partial charge in [0, 0.05) is 12.0 Å². The molecule has 1 heterocycles. The highest BCUT2D eigenvalue weighted by Gasteiger charge is 2.47. The molecule has 0 N–H and O–H groups in total. The number of ether oxygens (including phenoxy) is 2. The van der Waals surface area contributed by atoms with Gasteiger partial charge in [-0.25, -0.2) is 0 Å². The van der Waals surface area contributed by atoms with Gasteiger partial charge in [-0.05, 0) is 37.5 Å². The first-order chi connectivity index (χ1) is 9.05. The molecule has 1 aromatic carbocycles. The van der Waals surface area contributed by atoms with Crippen LogP contribution in [0.5, 0.6) is 5.75 Å². The van der Waals surface area contributed by atoms with Gasteiger partial charge in [0.1, 0.15) is 11.2 Å². The number of methoxy groups -OCH3 is 1. The molecule has 0 aliphatic carbocycles. The van der Waals surface area contributed by atoms with Crippen LogP contribution in [0.15, 0.2) is 24.8 Å². The van der Waals surface area contributed by atoms with Crippen molar-refractivity contribution in [1.82, 2.24) is 0 Å². The Balaban J connectivity index is 2.66. The van der Waals surface area contributed by atoms with Crippen LogP contribution in [0.2, 0.25) is 0 Å². The molecule has 19 heavy (non-hydrogen) atoms. The molecule has 3 nitrogen and oxygen atoms in total. The van der Waals surface area contributed by atoms with Crippen LogP contribution in [0.25, 0.3) is 0 Å². The van der Waals surface area contributed by atoms with E-state index >= 15 is 0 Å². The maximum Gasteiger partial charge on any atom is 0.317 e. The van der Waals surface area contributed by atoms with Gasteiger partial charge >= 0.3 is 5.97 Å². The Morgan fingerprint density at radius 2 is 2.21 bits per heavy atom. The third-order valence-corrected chi connectivity index (χ3v) is 3.79. The van der Waals surface area contributed by atoms with Gasteiger partial charge in [-0.1, -0.05) is 12.1 Å². The number of rotatable bonds is 4. The highest BCUT2D eigenvalue weighted by Crippen LogP contribution is 2.44. The molecule has 0 aromatic heterocycles. The minimum atomic E-state index is -0.634. The van der Waals surface area contributed by atoms with E-state index in [2.05, 4.69) is 12.6 Å². The quantitative estimate of drug-likeness (QED) is 0.616. The minimum Gasteiger partial charge on any atom is -0.496 e. The summed E-state index contributed by atoms with van der Waals surface area (Å²) >= 11 is 0. The summed E-state index contributed by atoms with van der Waals surface area (Å²) in [5, 5.41) is 0. The van der Waals surface area contributed by atoms with Crippen LogP contribution in [0, 0.1) is 13.8 Å². The molecule has 0 saturated carbocycles. The van der Waals surface area contributed by atoms with E-state index in [1.165, 1.54) is 0 Å². The molecule has 1 aliphatic heterocycles. The van der Waals surface area contributed by atoms with Gasteiger partial charge in [0.2, 0.25) is 0 Å². The average molecular weight is 260 g/mol. The third-order valence-electron chi connectivity index (χ3n) is 3.79. The molecule has 0 radical (unpaired) electrons. The number of hydrogen-bond donors (Lipinski definition) is 0. The first-order valence-corrected chi connectivity index (χ1v) is 6.49. The second kappa shape index (κ2) is 5.08. The molecule has 3 heteroatoms. The van der Waals surface area contributed by atoms with Crippen molar-refractivity contribution in [2.75, 3.05) is 13.7 Å². The lowest BCUT2D eigenvalue weighted by molar-refractivity contribution is -0.142. The van der Waals surface area contributed by atoms with E-state index in [0.29, 0.717) is 19.4 Å². The zero-order chi connectivity index (χ0) is 14.0. The van der Waals surface area contributed by atoms with Crippen LogP contribution in [-0.4, -0.2) is 19.7 Å². The van der Waals surface area contributed by atoms with Gasteiger partial charge < -0.3 is 9.47 Å². The van der Waals surface area contributed by atoms with E-state index in [1.807, 2.05) is 19.9 Å². The molecule has 0 amide bonds. The summed E-state index contributed by atoms with van der Waals surface area (Å²) in [5.74, 6) is 0.593. The Morgan fingerprint density at radius 3 is 2.74 bits per heavy atom. The van der Waals surface area contributed by atoms with Gasteiger partial charge in [0.15, 0.2) is 0 Å². The second-order valence-electron chi connectivity index (χ2n) is 5.12. The summed E-state index contributed by atoms with van der Waals surface area (Å²) in [7, 11) is 1.64. The van der Waals surface area contributed by atoms with E-state index in [9.17, 15) is 4.79 Å². The van der Waals surface area contributed by atoms with E-state index in [1.54, 1.807) is 13.2 Å². The van der Waals surface area contributed by atoms with E-state index in [0.717, 1.165) is 22.4 Å². The Morgan fingerprint density at radius 1 is 1.47 bits per heavy atom. The third kappa shape index (κ3) is 2.14. The van der Waals surface area contributed by atoms with Gasteiger partial charge in [0.05, 0.1) is 13.7 Å².